The first-order valence-electron chi connectivity index (χ1n) is 9.86. The maximum Gasteiger partial charge on any atom is 0.185 e. The van der Waals surface area contributed by atoms with Crippen LogP contribution in [-0.2, 0) is 6.42 Å². The van der Waals surface area contributed by atoms with E-state index >= 15 is 0 Å². The van der Waals surface area contributed by atoms with Gasteiger partial charge in [-0.1, -0.05) is 49.4 Å². The third-order valence-corrected chi connectivity index (χ3v) is 4.94. The molecule has 0 aliphatic heterocycles. The lowest BCUT2D eigenvalue weighted by atomic mass is 10.0. The molecule has 0 saturated heterocycles. The van der Waals surface area contributed by atoms with E-state index in [0.29, 0.717) is 5.56 Å². The quantitative estimate of drug-likeness (QED) is 0.290. The molecule has 148 valence electrons. The molecule has 1 heterocycles. The summed E-state index contributed by atoms with van der Waals surface area (Å²) in [4.78, 5) is 12.5. The summed E-state index contributed by atoms with van der Waals surface area (Å²) in [5.41, 5.74) is 5.24. The number of aromatic nitrogens is 2. The summed E-state index contributed by atoms with van der Waals surface area (Å²) in [5.74, 6) is -0.549. The Kier molecular flexibility index (Phi) is 5.66. The highest BCUT2D eigenvalue weighted by atomic mass is 19.1. The van der Waals surface area contributed by atoms with Crippen LogP contribution >= 0.6 is 0 Å². The fourth-order valence-electron chi connectivity index (χ4n) is 3.22. The number of nitrogens with zero attached hydrogens (tertiary/aromatic N) is 2. The zero-order chi connectivity index (χ0) is 20.9. The van der Waals surface area contributed by atoms with Gasteiger partial charge in [0.2, 0.25) is 0 Å². The molecule has 4 heteroatoms. The van der Waals surface area contributed by atoms with Crippen molar-refractivity contribution >= 4 is 11.9 Å². The van der Waals surface area contributed by atoms with Crippen molar-refractivity contribution in [3.05, 3.63) is 114 Å². The number of allylic oxidation sites excluding steroid dienone is 1. The third-order valence-electron chi connectivity index (χ3n) is 4.94. The maximum atomic E-state index is 13.1. The molecule has 0 N–H and O–H groups in total. The predicted molar refractivity (Wildman–Crippen MR) is 118 cm³/mol. The van der Waals surface area contributed by atoms with Gasteiger partial charge < -0.3 is 0 Å². The second kappa shape index (κ2) is 8.70. The normalized spacial score (nSPS) is 11.1. The first-order valence-corrected chi connectivity index (χ1v) is 9.86. The minimum Gasteiger partial charge on any atom is -0.289 e. The van der Waals surface area contributed by atoms with Crippen molar-refractivity contribution < 1.29 is 9.18 Å². The standard InChI is InChI=1S/C26H21FN2O/c1-2-19-8-10-21(11-9-19)26-22(18-29(28-26)24-6-4-3-5-7-24)14-17-25(30)20-12-15-23(27)16-13-20/h3-18H,2H2,1H3/b17-14-. The molecule has 30 heavy (non-hydrogen) atoms. The molecule has 4 aromatic rings. The molecular weight excluding hydrogens is 375 g/mol. The van der Waals surface area contributed by atoms with Gasteiger partial charge >= 0.3 is 0 Å². The fraction of sp³-hybridized carbons (Fsp3) is 0.0769. The molecule has 0 unspecified atom stereocenters. The number of carbonyl (C=O) groups is 1. The lowest BCUT2D eigenvalue weighted by Gasteiger charge is -2.02. The zero-order valence-corrected chi connectivity index (χ0v) is 16.6. The molecule has 1 aromatic heterocycles. The fourth-order valence-corrected chi connectivity index (χ4v) is 3.22. The SMILES string of the molecule is CCc1ccc(-c2nn(-c3ccccc3)cc2/C=C\C(=O)c2ccc(F)cc2)cc1. The van der Waals surface area contributed by atoms with Gasteiger partial charge in [-0.15, -0.1) is 0 Å². The van der Waals surface area contributed by atoms with Gasteiger partial charge in [0.1, 0.15) is 5.82 Å². The summed E-state index contributed by atoms with van der Waals surface area (Å²) < 4.78 is 14.9. The average Bonchev–Trinajstić information content (AvgIpc) is 3.23. The Labute approximate surface area is 175 Å². The van der Waals surface area contributed by atoms with Crippen LogP contribution in [0.3, 0.4) is 0 Å². The number of hydrogen-bond donors (Lipinski definition) is 0. The minimum absolute atomic E-state index is 0.185. The molecular formula is C26H21FN2O. The molecule has 0 spiro atoms. The number of halogens is 1. The van der Waals surface area contributed by atoms with Crippen molar-refractivity contribution in [1.29, 1.82) is 0 Å². The second-order valence-electron chi connectivity index (χ2n) is 6.97. The number of aryl methyl sites for hydroxylation is 1. The van der Waals surface area contributed by atoms with Gasteiger partial charge in [-0.3, -0.25) is 4.79 Å². The minimum atomic E-state index is -0.363. The first kappa shape index (κ1) is 19.5. The van der Waals surface area contributed by atoms with Crippen molar-refractivity contribution in [2.45, 2.75) is 13.3 Å². The number of para-hydroxylation sites is 1. The van der Waals surface area contributed by atoms with Crippen LogP contribution in [0.25, 0.3) is 23.0 Å². The third kappa shape index (κ3) is 4.28. The van der Waals surface area contributed by atoms with Gasteiger partial charge in [0.15, 0.2) is 5.78 Å². The highest BCUT2D eigenvalue weighted by molar-refractivity contribution is 6.07. The number of hydrogen-bond acceptors (Lipinski definition) is 2. The van der Waals surface area contributed by atoms with Crippen molar-refractivity contribution in [3.8, 4) is 16.9 Å². The average molecular weight is 396 g/mol. The monoisotopic (exact) mass is 396 g/mol. The molecule has 0 bridgehead atoms. The van der Waals surface area contributed by atoms with Crippen LogP contribution in [0.5, 0.6) is 0 Å². The Hall–Kier alpha value is -3.79. The number of ketones is 1. The molecule has 3 nitrogen and oxygen atoms in total. The van der Waals surface area contributed by atoms with Crippen LogP contribution in [0.2, 0.25) is 0 Å². The summed E-state index contributed by atoms with van der Waals surface area (Å²) >= 11 is 0. The van der Waals surface area contributed by atoms with E-state index in [1.54, 1.807) is 6.08 Å². The van der Waals surface area contributed by atoms with Gasteiger partial charge in [-0.25, -0.2) is 9.07 Å². The van der Waals surface area contributed by atoms with Gasteiger partial charge in [0, 0.05) is 22.9 Å². The number of benzene rings is 3. The summed E-state index contributed by atoms with van der Waals surface area (Å²) in [6.07, 6.45) is 6.15. The van der Waals surface area contributed by atoms with E-state index < -0.39 is 0 Å². The molecule has 0 radical (unpaired) electrons. The van der Waals surface area contributed by atoms with Crippen molar-refractivity contribution in [2.24, 2.45) is 0 Å². The topological polar surface area (TPSA) is 34.9 Å². The van der Waals surface area contributed by atoms with Crippen molar-refractivity contribution in [1.82, 2.24) is 9.78 Å². The Morgan fingerprint density at radius 2 is 1.67 bits per heavy atom. The number of carbonyl (C=O) groups excluding carboxylic acids is 1. The van der Waals surface area contributed by atoms with E-state index in [9.17, 15) is 9.18 Å². The summed E-state index contributed by atoms with van der Waals surface area (Å²) in [5, 5.41) is 4.77. The summed E-state index contributed by atoms with van der Waals surface area (Å²) in [7, 11) is 0. The van der Waals surface area contributed by atoms with Gasteiger partial charge in [0.05, 0.1) is 11.4 Å². The van der Waals surface area contributed by atoms with Gasteiger partial charge in [-0.2, -0.15) is 5.10 Å². The Morgan fingerprint density at radius 3 is 2.33 bits per heavy atom. The van der Waals surface area contributed by atoms with E-state index in [1.807, 2.05) is 41.2 Å². The molecule has 0 amide bonds. The van der Waals surface area contributed by atoms with Crippen molar-refractivity contribution in [3.63, 3.8) is 0 Å². The molecule has 0 atom stereocenters. The zero-order valence-electron chi connectivity index (χ0n) is 16.6. The lowest BCUT2D eigenvalue weighted by molar-refractivity contribution is 0.104. The molecule has 4 rings (SSSR count). The van der Waals surface area contributed by atoms with Crippen LogP contribution in [0.15, 0.2) is 91.1 Å². The Morgan fingerprint density at radius 1 is 0.967 bits per heavy atom. The van der Waals surface area contributed by atoms with Crippen LogP contribution in [0.4, 0.5) is 4.39 Å². The Bertz CT molecular complexity index is 1170. The van der Waals surface area contributed by atoms with Gasteiger partial charge in [-0.05, 0) is 60.5 Å². The smallest absolute Gasteiger partial charge is 0.185 e. The Balaban J connectivity index is 1.71. The molecule has 0 saturated carbocycles. The summed E-state index contributed by atoms with van der Waals surface area (Å²) in [6.45, 7) is 2.12. The van der Waals surface area contributed by atoms with Crippen LogP contribution < -0.4 is 0 Å². The largest absolute Gasteiger partial charge is 0.289 e. The van der Waals surface area contributed by atoms with Gasteiger partial charge in [0.25, 0.3) is 0 Å². The van der Waals surface area contributed by atoms with E-state index in [0.717, 1.165) is 28.9 Å². The molecule has 0 aliphatic carbocycles. The number of rotatable bonds is 6. The second-order valence-corrected chi connectivity index (χ2v) is 6.97. The van der Waals surface area contributed by atoms with E-state index in [-0.39, 0.29) is 11.6 Å². The highest BCUT2D eigenvalue weighted by Gasteiger charge is 2.11. The summed E-state index contributed by atoms with van der Waals surface area (Å²) in [6, 6.07) is 23.7. The van der Waals surface area contributed by atoms with Crippen molar-refractivity contribution in [2.75, 3.05) is 0 Å². The highest BCUT2D eigenvalue weighted by Crippen LogP contribution is 2.25. The molecule has 3 aromatic carbocycles. The lowest BCUT2D eigenvalue weighted by Crippen LogP contribution is -1.94. The maximum absolute atomic E-state index is 13.1. The molecule has 0 aliphatic rings. The first-order chi connectivity index (χ1) is 14.6. The van der Waals surface area contributed by atoms with Crippen LogP contribution in [0, 0.1) is 5.82 Å². The van der Waals surface area contributed by atoms with Crippen LogP contribution in [0.1, 0.15) is 28.4 Å². The van der Waals surface area contributed by atoms with E-state index in [4.69, 9.17) is 5.10 Å². The van der Waals surface area contributed by atoms with Crippen LogP contribution in [-0.4, -0.2) is 15.6 Å². The van der Waals surface area contributed by atoms with E-state index in [1.165, 1.54) is 35.9 Å². The van der Waals surface area contributed by atoms with E-state index in [2.05, 4.69) is 31.2 Å². The predicted octanol–water partition coefficient (Wildman–Crippen LogP) is 6.14. The molecule has 0 fully saturated rings.